The van der Waals surface area contributed by atoms with Crippen LogP contribution >= 0.6 is 0 Å². The van der Waals surface area contributed by atoms with Crippen molar-refractivity contribution >= 4 is 26.7 Å². The maximum absolute atomic E-state index is 12.7. The standard InChI is InChI=1S/C17H20N2O4S/c1-23-11-9-17(7-3-8-17)16(20)19-24(21,22)15-5-2-4-13-12-18-10-6-14(13)15/h2,4-6,10,12H,3,7-9,11H2,1H3,(H,19,20). The van der Waals surface area contributed by atoms with Crippen LogP contribution in [0.5, 0.6) is 0 Å². The minimum Gasteiger partial charge on any atom is -0.385 e. The van der Waals surface area contributed by atoms with E-state index in [1.165, 1.54) is 12.3 Å². The summed E-state index contributed by atoms with van der Waals surface area (Å²) in [6, 6.07) is 6.57. The minimum absolute atomic E-state index is 0.0944. The lowest BCUT2D eigenvalue weighted by molar-refractivity contribution is -0.135. The molecule has 128 valence electrons. The van der Waals surface area contributed by atoms with Crippen molar-refractivity contribution in [3.63, 3.8) is 0 Å². The number of ether oxygens (including phenoxy) is 1. The monoisotopic (exact) mass is 348 g/mol. The van der Waals surface area contributed by atoms with E-state index in [0.717, 1.165) is 6.42 Å². The lowest BCUT2D eigenvalue weighted by Crippen LogP contribution is -2.48. The molecule has 2 aromatic rings. The third-order valence-electron chi connectivity index (χ3n) is 4.73. The van der Waals surface area contributed by atoms with Crippen LogP contribution in [0.3, 0.4) is 0 Å². The molecule has 0 atom stereocenters. The van der Waals surface area contributed by atoms with E-state index in [9.17, 15) is 13.2 Å². The SMILES string of the molecule is COCCC1(C(=O)NS(=O)(=O)c2cccc3cnccc23)CCC1. The Hall–Kier alpha value is -1.99. The van der Waals surface area contributed by atoms with Gasteiger partial charge in [0.25, 0.3) is 10.0 Å². The van der Waals surface area contributed by atoms with Crippen LogP contribution in [-0.2, 0) is 19.6 Å². The second-order valence-corrected chi connectivity index (χ2v) is 7.82. The van der Waals surface area contributed by atoms with Gasteiger partial charge >= 0.3 is 0 Å². The van der Waals surface area contributed by atoms with E-state index in [2.05, 4.69) is 9.71 Å². The molecule has 1 saturated carbocycles. The number of amides is 1. The molecule has 1 aliphatic carbocycles. The van der Waals surface area contributed by atoms with Gasteiger partial charge in [0.2, 0.25) is 5.91 Å². The van der Waals surface area contributed by atoms with Crippen LogP contribution in [0.1, 0.15) is 25.7 Å². The number of pyridine rings is 1. The van der Waals surface area contributed by atoms with Crippen molar-refractivity contribution in [1.82, 2.24) is 9.71 Å². The van der Waals surface area contributed by atoms with Crippen molar-refractivity contribution in [3.05, 3.63) is 36.7 Å². The number of hydrogen-bond donors (Lipinski definition) is 1. The van der Waals surface area contributed by atoms with E-state index < -0.39 is 21.3 Å². The summed E-state index contributed by atoms with van der Waals surface area (Å²) in [7, 11) is -2.36. The summed E-state index contributed by atoms with van der Waals surface area (Å²) in [6.07, 6.45) is 5.98. The molecule has 0 spiro atoms. The second kappa shape index (κ2) is 6.49. The highest BCUT2D eigenvalue weighted by Gasteiger charge is 2.45. The average molecular weight is 348 g/mol. The first-order valence-electron chi connectivity index (χ1n) is 7.87. The number of hydrogen-bond acceptors (Lipinski definition) is 5. The van der Waals surface area contributed by atoms with Crippen molar-refractivity contribution < 1.29 is 17.9 Å². The number of benzene rings is 1. The molecular formula is C17H20N2O4S. The lowest BCUT2D eigenvalue weighted by atomic mass is 9.66. The van der Waals surface area contributed by atoms with Crippen LogP contribution in [0.25, 0.3) is 10.8 Å². The Kier molecular flexibility index (Phi) is 4.56. The van der Waals surface area contributed by atoms with E-state index in [0.29, 0.717) is 36.6 Å². The topological polar surface area (TPSA) is 85.4 Å². The van der Waals surface area contributed by atoms with Crippen LogP contribution in [-0.4, -0.2) is 33.0 Å². The van der Waals surface area contributed by atoms with Gasteiger partial charge in [-0.1, -0.05) is 18.6 Å². The molecule has 1 N–H and O–H groups in total. The number of aromatic nitrogens is 1. The van der Waals surface area contributed by atoms with E-state index in [1.807, 2.05) is 0 Å². The fourth-order valence-corrected chi connectivity index (χ4v) is 4.41. The predicted molar refractivity (Wildman–Crippen MR) is 89.8 cm³/mol. The van der Waals surface area contributed by atoms with Crippen LogP contribution in [0, 0.1) is 5.41 Å². The van der Waals surface area contributed by atoms with Crippen molar-refractivity contribution in [1.29, 1.82) is 0 Å². The molecule has 1 fully saturated rings. The first kappa shape index (κ1) is 16.9. The average Bonchev–Trinajstić information content (AvgIpc) is 2.53. The van der Waals surface area contributed by atoms with Gasteiger partial charge in [0.15, 0.2) is 0 Å². The molecule has 1 aromatic heterocycles. The predicted octanol–water partition coefficient (Wildman–Crippen LogP) is 2.25. The Morgan fingerprint density at radius 3 is 2.79 bits per heavy atom. The largest absolute Gasteiger partial charge is 0.385 e. The molecule has 1 aliphatic rings. The summed E-state index contributed by atoms with van der Waals surface area (Å²) in [5.41, 5.74) is -0.630. The molecule has 1 heterocycles. The summed E-state index contributed by atoms with van der Waals surface area (Å²) < 4.78 is 32.8. The van der Waals surface area contributed by atoms with E-state index >= 15 is 0 Å². The molecule has 7 heteroatoms. The Labute approximate surface area is 141 Å². The Morgan fingerprint density at radius 1 is 1.33 bits per heavy atom. The first-order valence-corrected chi connectivity index (χ1v) is 9.36. The number of carbonyl (C=O) groups excluding carboxylic acids is 1. The third-order valence-corrected chi connectivity index (χ3v) is 6.12. The molecule has 3 rings (SSSR count). The number of carbonyl (C=O) groups is 1. The van der Waals surface area contributed by atoms with Crippen LogP contribution in [0.4, 0.5) is 0 Å². The van der Waals surface area contributed by atoms with Gasteiger partial charge in [-0.25, -0.2) is 13.1 Å². The molecule has 0 aliphatic heterocycles. The Balaban J connectivity index is 1.89. The smallest absolute Gasteiger partial charge is 0.264 e. The van der Waals surface area contributed by atoms with E-state index in [-0.39, 0.29) is 4.90 Å². The summed E-state index contributed by atoms with van der Waals surface area (Å²) >= 11 is 0. The fraction of sp³-hybridized carbons (Fsp3) is 0.412. The zero-order valence-electron chi connectivity index (χ0n) is 13.5. The summed E-state index contributed by atoms with van der Waals surface area (Å²) in [5, 5.41) is 1.26. The Bertz CT molecular complexity index is 855. The van der Waals surface area contributed by atoms with Gasteiger partial charge in [0.1, 0.15) is 0 Å². The number of nitrogens with one attached hydrogen (secondary N) is 1. The van der Waals surface area contributed by atoms with Gasteiger partial charge in [-0.2, -0.15) is 0 Å². The molecule has 0 saturated heterocycles. The lowest BCUT2D eigenvalue weighted by Gasteiger charge is -2.39. The molecular weight excluding hydrogens is 328 g/mol. The van der Waals surface area contributed by atoms with Crippen molar-refractivity contribution in [2.24, 2.45) is 5.41 Å². The van der Waals surface area contributed by atoms with Gasteiger partial charge < -0.3 is 4.74 Å². The zero-order chi connectivity index (χ0) is 17.2. The molecule has 0 bridgehead atoms. The third kappa shape index (κ3) is 3.01. The number of nitrogens with zero attached hydrogens (tertiary/aromatic N) is 1. The second-order valence-electron chi connectivity index (χ2n) is 6.16. The van der Waals surface area contributed by atoms with Crippen LogP contribution in [0.2, 0.25) is 0 Å². The van der Waals surface area contributed by atoms with Crippen molar-refractivity contribution in [2.45, 2.75) is 30.6 Å². The van der Waals surface area contributed by atoms with Gasteiger partial charge in [0.05, 0.1) is 10.3 Å². The maximum atomic E-state index is 12.7. The summed E-state index contributed by atoms with van der Waals surface area (Å²) in [6.45, 7) is 0.438. The number of sulfonamides is 1. The molecule has 1 amide bonds. The zero-order valence-corrected chi connectivity index (χ0v) is 14.3. The molecule has 6 nitrogen and oxygen atoms in total. The van der Waals surface area contributed by atoms with Gasteiger partial charge in [-0.15, -0.1) is 0 Å². The fourth-order valence-electron chi connectivity index (χ4n) is 3.10. The van der Waals surface area contributed by atoms with Crippen molar-refractivity contribution in [3.8, 4) is 0 Å². The summed E-state index contributed by atoms with van der Waals surface area (Å²) in [4.78, 5) is 16.7. The molecule has 1 aromatic carbocycles. The number of fused-ring (bicyclic) bond motifs is 1. The summed E-state index contributed by atoms with van der Waals surface area (Å²) in [5.74, 6) is -0.433. The van der Waals surface area contributed by atoms with Gasteiger partial charge in [-0.3, -0.25) is 9.78 Å². The van der Waals surface area contributed by atoms with Crippen LogP contribution < -0.4 is 4.72 Å². The number of rotatable bonds is 6. The molecule has 0 radical (unpaired) electrons. The number of methoxy groups -OCH3 is 1. The van der Waals surface area contributed by atoms with E-state index in [4.69, 9.17) is 4.74 Å². The Morgan fingerprint density at radius 2 is 2.12 bits per heavy atom. The highest BCUT2D eigenvalue weighted by molar-refractivity contribution is 7.90. The normalized spacial score (nSPS) is 16.5. The maximum Gasteiger partial charge on any atom is 0.264 e. The quantitative estimate of drug-likeness (QED) is 0.865. The minimum atomic E-state index is -3.94. The molecule has 0 unspecified atom stereocenters. The first-order chi connectivity index (χ1) is 11.5. The highest BCUT2D eigenvalue weighted by Crippen LogP contribution is 2.44. The highest BCUT2D eigenvalue weighted by atomic mass is 32.2. The van der Waals surface area contributed by atoms with Gasteiger partial charge in [0, 0.05) is 36.9 Å². The van der Waals surface area contributed by atoms with Gasteiger partial charge in [-0.05, 0) is 31.4 Å². The van der Waals surface area contributed by atoms with Crippen LogP contribution in [0.15, 0.2) is 41.6 Å². The van der Waals surface area contributed by atoms with E-state index in [1.54, 1.807) is 31.5 Å². The van der Waals surface area contributed by atoms with Crippen molar-refractivity contribution in [2.75, 3.05) is 13.7 Å². The molecule has 24 heavy (non-hydrogen) atoms.